The normalized spacial score (nSPS) is 3.00. The van der Waals surface area contributed by atoms with Crippen molar-refractivity contribution in [1.82, 2.24) is 0 Å². The summed E-state index contributed by atoms with van der Waals surface area (Å²) in [4.78, 5) is 0. The Labute approximate surface area is 23.1 Å². The average Bonchev–Trinajstić information content (AvgIpc) is 0.918. The summed E-state index contributed by atoms with van der Waals surface area (Å²) in [6.45, 7) is 0. The Morgan fingerprint density at radius 2 is 1.17 bits per heavy atom. The molecule has 0 saturated carbocycles. The summed E-state index contributed by atoms with van der Waals surface area (Å²) in [7, 11) is 4.22. The molecular formula is CH3ORf3Si. The molecule has 0 heterocycles. The first-order valence-corrected chi connectivity index (χ1v) is 1.02. The minimum atomic E-state index is 0. The molecule has 0 spiro atoms. The van der Waals surface area contributed by atoms with Crippen molar-refractivity contribution in [2.75, 3.05) is 7.11 Å². The van der Waals surface area contributed by atoms with Crippen molar-refractivity contribution in [1.29, 1.82) is 0 Å². The van der Waals surface area contributed by atoms with E-state index < -0.39 is 0 Å². The number of rotatable bonds is 0. The van der Waals surface area contributed by atoms with E-state index in [-0.39, 0.29) is 0 Å². The Bertz CT molecular complexity index is 10.8. The predicted octanol–water partition coefficient (Wildman–Crippen LogP) is -0.284. The molecule has 0 aromatic heterocycles. The van der Waals surface area contributed by atoms with Crippen molar-refractivity contribution in [2.45, 2.75) is 0 Å². The molecule has 0 N–H and O–H groups in total. The third-order valence-electron chi connectivity index (χ3n) is 0. The van der Waals surface area contributed by atoms with E-state index in [1.54, 1.807) is 0 Å². The molecule has 0 amide bonds. The Morgan fingerprint density at radius 3 is 1.17 bits per heavy atom. The van der Waals surface area contributed by atoms with Gasteiger partial charge in [-0.3, -0.25) is 0 Å². The largest absolute Gasteiger partial charge is 0.422 e. The molecule has 0 atom stereocenters. The van der Waals surface area contributed by atoms with Gasteiger partial charge in [-0.15, -0.1) is 0 Å². The number of hydrogen-bond acceptors (Lipinski definition) is 1. The van der Waals surface area contributed by atoms with Crippen molar-refractivity contribution in [3.05, 3.63) is 0 Å². The second-order valence-electron chi connectivity index (χ2n) is 0.204. The maximum Gasteiger partial charge on any atom is 0.245 e. The zero-order valence-electron chi connectivity index (χ0n) is 4.03. The molecule has 6 heavy (non-hydrogen) atoms. The SMILES string of the molecule is CO[Si].[Rf].[Rf].[Rf]. The van der Waals surface area contributed by atoms with Crippen LogP contribution in [0.15, 0.2) is 0 Å². The predicted molar refractivity (Wildman–Crippen MR) is 12.8 cm³/mol. The van der Waals surface area contributed by atoms with E-state index in [0.717, 1.165) is 0 Å². The molecule has 0 aliphatic heterocycles. The van der Waals surface area contributed by atoms with Gasteiger partial charge in [-0.25, -0.2) is 0 Å². The van der Waals surface area contributed by atoms with Crippen LogP contribution >= 0.6 is 0 Å². The van der Waals surface area contributed by atoms with Gasteiger partial charge in [0, 0.05) is 7.11 Å². The van der Waals surface area contributed by atoms with E-state index in [4.69, 9.17) is 0 Å². The second-order valence-corrected chi connectivity index (χ2v) is 0.612. The summed E-state index contributed by atoms with van der Waals surface area (Å²) in [6.07, 6.45) is 0. The first-order valence-electron chi connectivity index (χ1n) is 0.612. The van der Waals surface area contributed by atoms with Crippen LogP contribution in [0.25, 0.3) is 0 Å². The molecule has 0 aromatic carbocycles. The van der Waals surface area contributed by atoms with Gasteiger partial charge in [0.05, 0.1) is 0 Å². The second kappa shape index (κ2) is 0.907. The average molecular weight is 860 g/mol. The van der Waals surface area contributed by atoms with Gasteiger partial charge in [-0.05, 0) is 0 Å². The van der Waals surface area contributed by atoms with Crippen molar-refractivity contribution in [3.63, 3.8) is 0 Å². The van der Waals surface area contributed by atoms with Crippen LogP contribution in [0.5, 0.6) is 0 Å². The molecule has 0 aromatic rings. The molecule has 0 rings (SSSR count). The van der Waals surface area contributed by atoms with Gasteiger partial charge in [0.25, 0.3) is 0 Å². The minimum absolute atomic E-state index is 0. The van der Waals surface area contributed by atoms with Gasteiger partial charge < -0.3 is 4.43 Å². The Hall–Kier alpha value is -2.82. The Morgan fingerprint density at radius 1 is 1.17 bits per heavy atom. The molecule has 3 radical (unpaired) electrons. The minimum Gasteiger partial charge on any atom is -0.422 e. The van der Waals surface area contributed by atoms with Gasteiger partial charge >= 0.3 is 0 Å². The summed E-state index contributed by atoms with van der Waals surface area (Å²) >= 11 is 0. The molecule has 0 saturated heterocycles. The summed E-state index contributed by atoms with van der Waals surface area (Å²) in [5.74, 6) is 0. The quantitative estimate of drug-likeness (QED) is 0.305. The molecule has 0 aliphatic carbocycles. The van der Waals surface area contributed by atoms with Crippen LogP contribution in [0.2, 0.25) is 0 Å². The topological polar surface area (TPSA) is 9.23 Å². The fourth-order valence-electron chi connectivity index (χ4n) is 0. The monoisotopic (exact) mass is 860 g/mol. The van der Waals surface area contributed by atoms with Crippen molar-refractivity contribution in [3.8, 4) is 0 Å². The molecule has 0 unspecified atom stereocenters. The van der Waals surface area contributed by atoms with Gasteiger partial charge in [0.2, 0.25) is 10.5 Å². The summed E-state index contributed by atoms with van der Waals surface area (Å²) in [5, 5.41) is 0. The fourth-order valence-corrected chi connectivity index (χ4v) is 0. The molecule has 23 valence electrons. The van der Waals surface area contributed by atoms with E-state index in [1.807, 2.05) is 0 Å². The molecular weight excluding hydrogens is 857 g/mol. The summed E-state index contributed by atoms with van der Waals surface area (Å²) in [6, 6.07) is 0. The zero-order valence-corrected chi connectivity index (χ0v) is 24.2. The van der Waals surface area contributed by atoms with Gasteiger partial charge in [0.1, 0.15) is 0 Å². The zero-order chi connectivity index (χ0) is 2.71. The first kappa shape index (κ1) is 22.2. The van der Waals surface area contributed by atoms with Crippen molar-refractivity contribution in [2.24, 2.45) is 0 Å². The molecule has 0 fully saturated rings. The van der Waals surface area contributed by atoms with E-state index in [1.165, 1.54) is 7.11 Å². The molecule has 5 heteroatoms. The van der Waals surface area contributed by atoms with Crippen LogP contribution in [0, 0.1) is 0 Å². The third kappa shape index (κ3) is 0.00462. The molecule has 1 nitrogen and oxygen atoms in total. The van der Waals surface area contributed by atoms with E-state index >= 15 is 0 Å². The van der Waals surface area contributed by atoms with Crippen molar-refractivity contribution >= 4 is 10.5 Å². The van der Waals surface area contributed by atoms with E-state index in [9.17, 15) is 0 Å². The Kier molecular flexibility index (Phi) is 3.36. The maximum absolute atomic E-state index is 4.06. The van der Waals surface area contributed by atoms with Gasteiger partial charge in [-0.2, -0.15) is 0 Å². The summed E-state index contributed by atoms with van der Waals surface area (Å²) < 4.78 is 4.06. The number of hydrogen-bond donors (Lipinski definition) is 0. The third-order valence-corrected chi connectivity index (χ3v) is 0. The standard InChI is InChI=1S/CH3OSi.3Rf/c1-2-3;;;/h1H3;;;. The fraction of sp³-hybridized carbons (Fsp3) is 1.00. The first-order chi connectivity index (χ1) is 1.41. The van der Waals surface area contributed by atoms with E-state index in [2.05, 4.69) is 14.9 Å². The van der Waals surface area contributed by atoms with Crippen LogP contribution in [-0.2, 0) is 4.43 Å². The Balaban J connectivity index is -0.00000000667. The molecule has 0 aliphatic rings. The van der Waals surface area contributed by atoms with Crippen molar-refractivity contribution < 1.29 is 4.43 Å². The smallest absolute Gasteiger partial charge is 0.245 e. The van der Waals surface area contributed by atoms with Crippen LogP contribution in [0.1, 0.15) is 0 Å². The van der Waals surface area contributed by atoms with Crippen LogP contribution in [0.3, 0.4) is 0 Å². The molecule has 0 bridgehead atoms. The maximum atomic E-state index is 4.06. The van der Waals surface area contributed by atoms with Crippen LogP contribution in [-0.4, -0.2) is 17.6 Å². The van der Waals surface area contributed by atoms with E-state index in [0.29, 0.717) is 0 Å². The summed E-state index contributed by atoms with van der Waals surface area (Å²) in [5.41, 5.74) is 0. The van der Waals surface area contributed by atoms with Gasteiger partial charge in [0.15, 0.2) is 0 Å². The van der Waals surface area contributed by atoms with Crippen LogP contribution in [0.4, 0.5) is 0 Å². The van der Waals surface area contributed by atoms with Gasteiger partial charge in [-0.1, -0.05) is 0 Å². The van der Waals surface area contributed by atoms with Crippen LogP contribution < -0.4 is 0 Å².